The fourth-order valence-corrected chi connectivity index (χ4v) is 4.30. The van der Waals surface area contributed by atoms with E-state index in [9.17, 15) is 23.1 Å². The number of aliphatic carboxylic acids is 1. The van der Waals surface area contributed by atoms with Crippen LogP contribution in [0.25, 0.3) is 0 Å². The number of carbonyl (C=O) groups is 2. The number of hydrogen-bond acceptors (Lipinski definition) is 4. The topological polar surface area (TPSA) is 113 Å². The minimum Gasteiger partial charge on any atom is -0.480 e. The molecule has 27 heavy (non-hydrogen) atoms. The van der Waals surface area contributed by atoms with E-state index in [2.05, 4.69) is 17.0 Å². The molecule has 1 aliphatic rings. The van der Waals surface area contributed by atoms with Crippen molar-refractivity contribution in [3.63, 3.8) is 0 Å². The van der Waals surface area contributed by atoms with Crippen molar-refractivity contribution >= 4 is 21.9 Å². The van der Waals surface area contributed by atoms with Gasteiger partial charge in [-0.25, -0.2) is 17.9 Å². The maximum atomic E-state index is 12.5. The third-order valence-corrected chi connectivity index (χ3v) is 6.44. The molecule has 1 aromatic carbocycles. The number of carboxylic acids is 1. The number of amides is 1. The van der Waals surface area contributed by atoms with E-state index in [0.29, 0.717) is 25.3 Å². The first-order chi connectivity index (χ1) is 12.6. The van der Waals surface area contributed by atoms with Gasteiger partial charge in [-0.15, -0.1) is 0 Å². The van der Waals surface area contributed by atoms with Crippen molar-refractivity contribution in [3.8, 4) is 0 Å². The molecule has 0 atom stereocenters. The molecule has 1 saturated carbocycles. The van der Waals surface area contributed by atoms with E-state index in [-0.39, 0.29) is 16.4 Å². The molecule has 0 aliphatic heterocycles. The van der Waals surface area contributed by atoms with Crippen molar-refractivity contribution in [2.45, 2.75) is 56.9 Å². The Morgan fingerprint density at radius 1 is 1.19 bits per heavy atom. The Kier molecular flexibility index (Phi) is 6.64. The Labute approximate surface area is 160 Å². The molecule has 0 saturated heterocycles. The van der Waals surface area contributed by atoms with Crippen molar-refractivity contribution in [1.29, 1.82) is 0 Å². The third-order valence-electron chi connectivity index (χ3n) is 5.00. The van der Waals surface area contributed by atoms with Gasteiger partial charge >= 0.3 is 5.97 Å². The molecule has 1 aromatic rings. The van der Waals surface area contributed by atoms with Crippen LogP contribution in [0.2, 0.25) is 0 Å². The number of benzene rings is 1. The third kappa shape index (κ3) is 5.29. The Balaban J connectivity index is 2.12. The summed E-state index contributed by atoms with van der Waals surface area (Å²) in [5.74, 6) is -0.918. The van der Waals surface area contributed by atoms with Gasteiger partial charge in [-0.3, -0.25) is 4.79 Å². The average molecular weight is 397 g/mol. The van der Waals surface area contributed by atoms with Crippen LogP contribution in [-0.4, -0.2) is 37.5 Å². The zero-order valence-electron chi connectivity index (χ0n) is 16.0. The molecule has 2 rings (SSSR count). The van der Waals surface area contributed by atoms with Gasteiger partial charge in [0.05, 0.1) is 4.90 Å². The lowest BCUT2D eigenvalue weighted by molar-refractivity contribution is -0.146. The summed E-state index contributed by atoms with van der Waals surface area (Å²) < 4.78 is 26.9. The summed E-state index contributed by atoms with van der Waals surface area (Å²) in [6.07, 6.45) is 2.26. The normalized spacial score (nSPS) is 23.2. The molecule has 0 bridgehead atoms. The Morgan fingerprint density at radius 3 is 2.22 bits per heavy atom. The number of rotatable bonds is 7. The van der Waals surface area contributed by atoms with Crippen LogP contribution in [0.3, 0.4) is 0 Å². The number of carboxylic acid groups (broad SMARTS) is 1. The first kappa shape index (κ1) is 21.4. The van der Waals surface area contributed by atoms with Crippen molar-refractivity contribution in [3.05, 3.63) is 29.8 Å². The highest BCUT2D eigenvalue weighted by molar-refractivity contribution is 7.89. The van der Waals surface area contributed by atoms with Crippen molar-refractivity contribution in [1.82, 2.24) is 10.0 Å². The summed E-state index contributed by atoms with van der Waals surface area (Å²) in [4.78, 5) is 24.4. The number of sulfonamides is 1. The maximum absolute atomic E-state index is 12.5. The van der Waals surface area contributed by atoms with Crippen LogP contribution < -0.4 is 10.0 Å². The van der Waals surface area contributed by atoms with E-state index in [1.54, 1.807) is 0 Å². The maximum Gasteiger partial charge on any atom is 0.329 e. The van der Waals surface area contributed by atoms with Crippen LogP contribution in [0, 0.1) is 11.8 Å². The molecule has 1 fully saturated rings. The Morgan fingerprint density at radius 2 is 1.74 bits per heavy atom. The highest BCUT2D eigenvalue weighted by Crippen LogP contribution is 2.32. The van der Waals surface area contributed by atoms with Crippen LogP contribution in [0.4, 0.5) is 0 Å². The molecule has 0 unspecified atom stereocenters. The van der Waals surface area contributed by atoms with Crippen molar-refractivity contribution in [2.24, 2.45) is 11.8 Å². The van der Waals surface area contributed by atoms with Gasteiger partial charge in [-0.05, 0) is 61.8 Å². The van der Waals surface area contributed by atoms with Gasteiger partial charge < -0.3 is 10.4 Å². The minimum atomic E-state index is -3.63. The zero-order chi connectivity index (χ0) is 20.2. The molecule has 3 N–H and O–H groups in total. The molecule has 0 aromatic heterocycles. The minimum absolute atomic E-state index is 0.0686. The van der Waals surface area contributed by atoms with Gasteiger partial charge in [0.15, 0.2) is 0 Å². The van der Waals surface area contributed by atoms with Gasteiger partial charge in [0.25, 0.3) is 5.91 Å². The lowest BCUT2D eigenvalue weighted by Gasteiger charge is -2.36. The van der Waals surface area contributed by atoms with Crippen LogP contribution in [-0.2, 0) is 14.8 Å². The van der Waals surface area contributed by atoms with E-state index in [1.165, 1.54) is 24.3 Å². The Bertz CT molecular complexity index is 779. The predicted molar refractivity (Wildman–Crippen MR) is 102 cm³/mol. The zero-order valence-corrected chi connectivity index (χ0v) is 16.8. The standard InChI is InChI=1S/C19H28N2O5S/c1-13(2)12-20-27(25,26)16-6-4-15(5-7-16)17(22)21-19(18(23)24)10-8-14(3)9-11-19/h4-7,13-14,20H,8-12H2,1-3H3,(H,21,22)(H,23,24). The van der Waals surface area contributed by atoms with Gasteiger partial charge in [0, 0.05) is 12.1 Å². The summed E-state index contributed by atoms with van der Waals surface area (Å²) in [6.45, 7) is 6.20. The number of nitrogens with one attached hydrogen (secondary N) is 2. The van der Waals surface area contributed by atoms with E-state index >= 15 is 0 Å². The second-order valence-electron chi connectivity index (χ2n) is 7.79. The van der Waals surface area contributed by atoms with Crippen molar-refractivity contribution < 1.29 is 23.1 Å². The quantitative estimate of drug-likeness (QED) is 0.655. The molecule has 0 radical (unpaired) electrons. The van der Waals surface area contributed by atoms with Gasteiger partial charge in [-0.1, -0.05) is 20.8 Å². The van der Waals surface area contributed by atoms with Gasteiger partial charge in [0.1, 0.15) is 5.54 Å². The Hall–Kier alpha value is -1.93. The molecular weight excluding hydrogens is 368 g/mol. The van der Waals surface area contributed by atoms with Crippen LogP contribution in [0.1, 0.15) is 56.8 Å². The molecule has 8 heteroatoms. The van der Waals surface area contributed by atoms with Gasteiger partial charge in [0.2, 0.25) is 10.0 Å². The molecule has 150 valence electrons. The van der Waals surface area contributed by atoms with E-state index < -0.39 is 27.4 Å². The summed E-state index contributed by atoms with van der Waals surface area (Å²) in [5.41, 5.74) is -1.02. The second kappa shape index (κ2) is 8.39. The number of carbonyl (C=O) groups excluding carboxylic acids is 1. The first-order valence-electron chi connectivity index (χ1n) is 9.21. The highest BCUT2D eigenvalue weighted by Gasteiger charge is 2.42. The molecule has 0 heterocycles. The molecule has 0 spiro atoms. The van der Waals surface area contributed by atoms with Crippen LogP contribution >= 0.6 is 0 Å². The molecular formula is C19H28N2O5S. The lowest BCUT2D eigenvalue weighted by atomic mass is 9.77. The van der Waals surface area contributed by atoms with E-state index in [4.69, 9.17) is 0 Å². The fourth-order valence-electron chi connectivity index (χ4n) is 3.08. The average Bonchev–Trinajstić information content (AvgIpc) is 2.62. The highest BCUT2D eigenvalue weighted by atomic mass is 32.2. The summed E-state index contributed by atoms with van der Waals surface area (Å²) >= 11 is 0. The SMILES string of the molecule is CC(C)CNS(=O)(=O)c1ccc(C(=O)NC2(C(=O)O)CCC(C)CC2)cc1. The largest absolute Gasteiger partial charge is 0.480 e. The lowest BCUT2D eigenvalue weighted by Crippen LogP contribution is -2.56. The van der Waals surface area contributed by atoms with Crippen molar-refractivity contribution in [2.75, 3.05) is 6.54 Å². The van der Waals surface area contributed by atoms with Crippen LogP contribution in [0.5, 0.6) is 0 Å². The first-order valence-corrected chi connectivity index (χ1v) is 10.7. The summed E-state index contributed by atoms with van der Waals surface area (Å²) in [7, 11) is -3.63. The van der Waals surface area contributed by atoms with E-state index in [0.717, 1.165) is 12.8 Å². The molecule has 1 amide bonds. The molecule has 7 nitrogen and oxygen atoms in total. The second-order valence-corrected chi connectivity index (χ2v) is 9.56. The van der Waals surface area contributed by atoms with Gasteiger partial charge in [-0.2, -0.15) is 0 Å². The van der Waals surface area contributed by atoms with Crippen LogP contribution in [0.15, 0.2) is 29.2 Å². The monoisotopic (exact) mass is 396 g/mol. The summed E-state index contributed by atoms with van der Waals surface area (Å²) in [6, 6.07) is 5.52. The predicted octanol–water partition coefficient (Wildman–Crippen LogP) is 2.38. The van der Waals surface area contributed by atoms with E-state index in [1.807, 2.05) is 13.8 Å². The fraction of sp³-hybridized carbons (Fsp3) is 0.579. The molecule has 1 aliphatic carbocycles. The number of hydrogen-bond donors (Lipinski definition) is 3. The smallest absolute Gasteiger partial charge is 0.329 e. The summed E-state index contributed by atoms with van der Waals surface area (Å²) in [5, 5.41) is 12.3.